The zero-order chi connectivity index (χ0) is 34.1. The van der Waals surface area contributed by atoms with E-state index in [-0.39, 0.29) is 28.9 Å². The molecule has 3 fully saturated rings. The number of anilines is 1. The number of nitrogens with two attached hydrogens (primary N) is 1. The van der Waals surface area contributed by atoms with Crippen molar-refractivity contribution in [2.45, 2.75) is 44.3 Å². The molecule has 0 bridgehead atoms. The number of nitrogens with zero attached hydrogens (tertiary/aromatic N) is 8. The normalized spacial score (nSPS) is 19.8. The number of carbonyl (C=O) groups is 1. The number of ether oxygens (including phenoxy) is 2. The fraction of sp³-hybridized carbons (Fsp3) is 0.417. The van der Waals surface area contributed by atoms with Gasteiger partial charge >= 0.3 is 0 Å². The second kappa shape index (κ2) is 13.5. The molecule has 7 rings (SSSR count). The Hall–Kier alpha value is -4.90. The maximum absolute atomic E-state index is 15.7. The van der Waals surface area contributed by atoms with Gasteiger partial charge in [-0.15, -0.1) is 0 Å². The molecule has 2 aromatic heterocycles. The molecule has 3 saturated heterocycles. The summed E-state index contributed by atoms with van der Waals surface area (Å²) in [6.45, 7) is 10.1. The van der Waals surface area contributed by atoms with E-state index in [0.29, 0.717) is 60.2 Å². The van der Waals surface area contributed by atoms with E-state index < -0.39 is 11.4 Å². The van der Waals surface area contributed by atoms with Gasteiger partial charge in [0.25, 0.3) is 5.91 Å². The zero-order valence-corrected chi connectivity index (χ0v) is 27.8. The summed E-state index contributed by atoms with van der Waals surface area (Å²) < 4.78 is 28.6. The van der Waals surface area contributed by atoms with Gasteiger partial charge in [-0.05, 0) is 57.0 Å². The molecule has 13 heteroatoms. The summed E-state index contributed by atoms with van der Waals surface area (Å²) in [6.07, 6.45) is 4.58. The van der Waals surface area contributed by atoms with Crippen molar-refractivity contribution in [3.63, 3.8) is 0 Å². The minimum atomic E-state index is -0.534. The number of para-hydroxylation sites is 1. The van der Waals surface area contributed by atoms with Crippen LogP contribution in [-0.2, 0) is 9.53 Å². The summed E-state index contributed by atoms with van der Waals surface area (Å²) in [5.74, 6) is 0.273. The number of likely N-dealkylation sites (tertiary alicyclic amines) is 1. The molecule has 12 nitrogen and oxygen atoms in total. The molecule has 2 N–H and O–H groups in total. The molecule has 0 aliphatic carbocycles. The number of rotatable bonds is 8. The van der Waals surface area contributed by atoms with Crippen LogP contribution in [0.5, 0.6) is 11.5 Å². The molecule has 254 valence electrons. The average Bonchev–Trinajstić information content (AvgIpc) is 3.48. The number of piperazine rings is 1. The van der Waals surface area contributed by atoms with Crippen LogP contribution in [0.25, 0.3) is 22.3 Å². The first-order chi connectivity index (χ1) is 23.7. The van der Waals surface area contributed by atoms with Gasteiger partial charge in [0.1, 0.15) is 46.8 Å². The number of nitrogen functional groups attached to an aromatic ring is 1. The van der Waals surface area contributed by atoms with Crippen molar-refractivity contribution in [1.29, 1.82) is 5.26 Å². The van der Waals surface area contributed by atoms with Crippen molar-refractivity contribution in [2.75, 3.05) is 58.2 Å². The predicted octanol–water partition coefficient (Wildman–Crippen LogP) is 4.42. The van der Waals surface area contributed by atoms with E-state index in [1.165, 1.54) is 12.4 Å². The van der Waals surface area contributed by atoms with Gasteiger partial charge in [-0.1, -0.05) is 18.2 Å². The van der Waals surface area contributed by atoms with Crippen LogP contribution in [0.15, 0.2) is 66.5 Å². The predicted molar refractivity (Wildman–Crippen MR) is 182 cm³/mol. The van der Waals surface area contributed by atoms with E-state index in [1.54, 1.807) is 33.8 Å². The van der Waals surface area contributed by atoms with E-state index in [9.17, 15) is 10.1 Å². The number of aromatic nitrogens is 4. The van der Waals surface area contributed by atoms with Crippen LogP contribution in [0.4, 0.5) is 10.2 Å². The molecule has 0 spiro atoms. The highest BCUT2D eigenvalue weighted by molar-refractivity contribution is 5.99. The van der Waals surface area contributed by atoms with Crippen molar-refractivity contribution >= 4 is 22.8 Å². The second-order valence-corrected chi connectivity index (χ2v) is 13.4. The third-order valence-electron chi connectivity index (χ3n) is 9.84. The molecule has 3 aliphatic rings. The first-order valence-corrected chi connectivity index (χ1v) is 16.7. The molecule has 0 saturated carbocycles. The summed E-state index contributed by atoms with van der Waals surface area (Å²) in [4.78, 5) is 29.0. The number of halogens is 1. The zero-order valence-electron chi connectivity index (χ0n) is 27.8. The van der Waals surface area contributed by atoms with Crippen LogP contribution in [0.2, 0.25) is 0 Å². The second-order valence-electron chi connectivity index (χ2n) is 13.4. The summed E-state index contributed by atoms with van der Waals surface area (Å²) in [5.41, 5.74) is 6.97. The van der Waals surface area contributed by atoms with Gasteiger partial charge in [0, 0.05) is 56.4 Å². The van der Waals surface area contributed by atoms with Crippen molar-refractivity contribution in [2.24, 2.45) is 0 Å². The number of nitriles is 1. The Kier molecular flexibility index (Phi) is 9.02. The molecule has 1 atom stereocenters. The Morgan fingerprint density at radius 2 is 1.84 bits per heavy atom. The highest BCUT2D eigenvalue weighted by atomic mass is 19.1. The van der Waals surface area contributed by atoms with Crippen molar-refractivity contribution in [3.05, 3.63) is 72.3 Å². The van der Waals surface area contributed by atoms with E-state index in [4.69, 9.17) is 20.3 Å². The summed E-state index contributed by atoms with van der Waals surface area (Å²) in [7, 11) is 0. The molecule has 3 aliphatic heterocycles. The number of carbonyl (C=O) groups excluding carboxylic acids is 1. The number of fused-ring (bicyclic) bond motifs is 1. The Balaban J connectivity index is 1.11. The average molecular weight is 666 g/mol. The van der Waals surface area contributed by atoms with Gasteiger partial charge in [0.2, 0.25) is 0 Å². The van der Waals surface area contributed by atoms with Crippen molar-refractivity contribution < 1.29 is 18.7 Å². The van der Waals surface area contributed by atoms with Crippen LogP contribution in [0, 0.1) is 17.1 Å². The van der Waals surface area contributed by atoms with Gasteiger partial charge in [0.15, 0.2) is 5.65 Å². The number of hydrogen-bond donors (Lipinski definition) is 1. The Bertz CT molecular complexity index is 1910. The first-order valence-electron chi connectivity index (χ1n) is 16.7. The lowest BCUT2D eigenvalue weighted by Gasteiger charge is -2.46. The third kappa shape index (κ3) is 6.59. The van der Waals surface area contributed by atoms with Gasteiger partial charge in [-0.25, -0.2) is 19.0 Å². The minimum Gasteiger partial charge on any atom is -0.457 e. The number of amides is 1. The van der Waals surface area contributed by atoms with Crippen LogP contribution >= 0.6 is 0 Å². The molecule has 5 heterocycles. The van der Waals surface area contributed by atoms with Crippen LogP contribution < -0.4 is 10.5 Å². The number of benzene rings is 2. The lowest BCUT2D eigenvalue weighted by Crippen LogP contribution is -2.59. The Labute approximate surface area is 284 Å². The number of piperidine rings is 1. The molecule has 0 radical (unpaired) electrons. The SMILES string of the molecule is CC(C)(/C=C(\C#N)C(=O)N1CCC[C@@H](n2nc(-c3ccc(Oc4ccccc4)cc3F)c3c(N)ncnc32)C1)N1CCN(C2COC2)CC1. The molecule has 0 unspecified atom stereocenters. The molecular weight excluding hydrogens is 625 g/mol. The first kappa shape index (κ1) is 32.6. The Morgan fingerprint density at radius 1 is 1.06 bits per heavy atom. The lowest BCUT2D eigenvalue weighted by molar-refractivity contribution is -0.128. The van der Waals surface area contributed by atoms with Crippen LogP contribution in [-0.4, -0.2) is 104 Å². The van der Waals surface area contributed by atoms with Gasteiger partial charge in [0.05, 0.1) is 30.7 Å². The highest BCUT2D eigenvalue weighted by Crippen LogP contribution is 2.36. The highest BCUT2D eigenvalue weighted by Gasteiger charge is 2.35. The summed E-state index contributed by atoms with van der Waals surface area (Å²) in [6, 6.07) is 16.2. The van der Waals surface area contributed by atoms with Gasteiger partial charge in [-0.2, -0.15) is 10.4 Å². The third-order valence-corrected chi connectivity index (χ3v) is 9.84. The van der Waals surface area contributed by atoms with Crippen molar-refractivity contribution in [1.82, 2.24) is 34.4 Å². The molecule has 2 aromatic carbocycles. The molecule has 4 aromatic rings. The van der Waals surface area contributed by atoms with E-state index in [2.05, 4.69) is 39.7 Å². The minimum absolute atomic E-state index is 0.123. The topological polar surface area (TPSA) is 139 Å². The fourth-order valence-electron chi connectivity index (χ4n) is 7.01. The maximum Gasteiger partial charge on any atom is 0.264 e. The van der Waals surface area contributed by atoms with Gasteiger partial charge in [-0.3, -0.25) is 14.6 Å². The van der Waals surface area contributed by atoms with Crippen molar-refractivity contribution in [3.8, 4) is 28.8 Å². The Morgan fingerprint density at radius 3 is 2.53 bits per heavy atom. The quantitative estimate of drug-likeness (QED) is 0.213. The monoisotopic (exact) mass is 665 g/mol. The largest absolute Gasteiger partial charge is 0.457 e. The summed E-state index contributed by atoms with van der Waals surface area (Å²) in [5, 5.41) is 15.4. The van der Waals surface area contributed by atoms with E-state index in [1.807, 2.05) is 24.3 Å². The summed E-state index contributed by atoms with van der Waals surface area (Å²) >= 11 is 0. The van der Waals surface area contributed by atoms with Crippen LogP contribution in [0.1, 0.15) is 32.7 Å². The fourth-order valence-corrected chi connectivity index (χ4v) is 7.01. The van der Waals surface area contributed by atoms with E-state index >= 15 is 4.39 Å². The van der Waals surface area contributed by atoms with Gasteiger partial charge < -0.3 is 20.1 Å². The molecule has 49 heavy (non-hydrogen) atoms. The number of hydrogen-bond acceptors (Lipinski definition) is 10. The molecule has 1 amide bonds. The lowest BCUT2D eigenvalue weighted by atomic mass is 9.96. The molecular formula is C36H40FN9O3. The standard InChI is InChI=1S/C36H40FN9O3/c1-36(2,45-15-13-43(14-16-45)26-21-48-22-26)18-24(19-38)35(47)44-12-6-7-25(20-44)46-34-31(33(39)40-23-41-34)32(42-46)29-11-10-28(17-30(29)37)49-27-8-4-3-5-9-27/h3-5,8-11,17-18,23,25-26H,6-7,12-16,20-22H2,1-2H3,(H2,39,40,41)/b24-18+/t25-/m1/s1. The maximum atomic E-state index is 15.7. The van der Waals surface area contributed by atoms with E-state index in [0.717, 1.165) is 39.4 Å². The smallest absolute Gasteiger partial charge is 0.264 e. The van der Waals surface area contributed by atoms with Crippen LogP contribution in [0.3, 0.4) is 0 Å².